The van der Waals surface area contributed by atoms with E-state index in [1.165, 1.54) is 23.1 Å². The van der Waals surface area contributed by atoms with Crippen LogP contribution in [-0.4, -0.2) is 18.6 Å². The Balaban J connectivity index is 1.96. The van der Waals surface area contributed by atoms with Gasteiger partial charge in [-0.15, -0.1) is 11.3 Å². The van der Waals surface area contributed by atoms with Crippen molar-refractivity contribution in [1.29, 1.82) is 0 Å². The summed E-state index contributed by atoms with van der Waals surface area (Å²) < 4.78 is 28.6. The molecule has 1 unspecified atom stereocenters. The number of thiophene rings is 1. The van der Waals surface area contributed by atoms with Gasteiger partial charge in [0.05, 0.1) is 0 Å². The molecule has 0 fully saturated rings. The van der Waals surface area contributed by atoms with Crippen molar-refractivity contribution in [3.05, 3.63) is 52.2 Å². The lowest BCUT2D eigenvalue weighted by atomic mass is 10.1. The van der Waals surface area contributed by atoms with Gasteiger partial charge in [0.25, 0.3) is 5.91 Å². The zero-order valence-corrected chi connectivity index (χ0v) is 12.2. The van der Waals surface area contributed by atoms with E-state index in [9.17, 15) is 13.6 Å². The quantitative estimate of drug-likeness (QED) is 0.883. The molecule has 0 spiro atoms. The molecule has 1 heterocycles. The number of halogens is 2. The number of nitrogens with one attached hydrogen (secondary N) is 1. The normalized spacial score (nSPS) is 12.2. The summed E-state index contributed by atoms with van der Waals surface area (Å²) in [5, 5.41) is 4.82. The van der Waals surface area contributed by atoms with Crippen LogP contribution >= 0.6 is 11.3 Å². The SMILES string of the molecule is CC(Cc1cccs1)NC(=O)c1cccc(OC(F)F)c1. The van der Waals surface area contributed by atoms with Gasteiger partial charge < -0.3 is 10.1 Å². The fraction of sp³-hybridized carbons (Fsp3) is 0.267. The molecule has 2 rings (SSSR count). The van der Waals surface area contributed by atoms with Crippen LogP contribution in [0.5, 0.6) is 5.75 Å². The fourth-order valence-electron chi connectivity index (χ4n) is 1.90. The Morgan fingerprint density at radius 1 is 1.33 bits per heavy atom. The largest absolute Gasteiger partial charge is 0.435 e. The van der Waals surface area contributed by atoms with Gasteiger partial charge in [-0.05, 0) is 36.6 Å². The van der Waals surface area contributed by atoms with Gasteiger partial charge in [0.1, 0.15) is 5.75 Å². The van der Waals surface area contributed by atoms with E-state index in [-0.39, 0.29) is 17.7 Å². The summed E-state index contributed by atoms with van der Waals surface area (Å²) in [5.41, 5.74) is 0.297. The molecule has 1 aromatic carbocycles. The number of alkyl halides is 2. The molecule has 0 aliphatic rings. The van der Waals surface area contributed by atoms with E-state index in [0.29, 0.717) is 5.56 Å². The maximum atomic E-state index is 12.2. The van der Waals surface area contributed by atoms with E-state index in [0.717, 1.165) is 6.42 Å². The minimum absolute atomic E-state index is 0.0245. The number of ether oxygens (including phenoxy) is 1. The van der Waals surface area contributed by atoms with Crippen molar-refractivity contribution < 1.29 is 18.3 Å². The number of hydrogen-bond acceptors (Lipinski definition) is 3. The van der Waals surface area contributed by atoms with Crippen LogP contribution in [-0.2, 0) is 6.42 Å². The second-order valence-corrected chi connectivity index (χ2v) is 5.60. The number of carbonyl (C=O) groups is 1. The Kier molecular flexibility index (Phi) is 5.27. The molecule has 1 amide bonds. The number of hydrogen-bond donors (Lipinski definition) is 1. The highest BCUT2D eigenvalue weighted by molar-refractivity contribution is 7.09. The topological polar surface area (TPSA) is 38.3 Å². The third-order valence-corrected chi connectivity index (χ3v) is 3.69. The summed E-state index contributed by atoms with van der Waals surface area (Å²) in [6.07, 6.45) is 0.733. The van der Waals surface area contributed by atoms with Gasteiger partial charge >= 0.3 is 6.61 Å². The molecule has 0 bridgehead atoms. The molecule has 1 atom stereocenters. The van der Waals surface area contributed by atoms with Crippen LogP contribution in [0.2, 0.25) is 0 Å². The Bertz CT molecular complexity index is 587. The maximum Gasteiger partial charge on any atom is 0.387 e. The molecule has 0 aliphatic heterocycles. The standard InChI is InChI=1S/C15H15F2NO2S/c1-10(8-13-6-3-7-21-13)18-14(19)11-4-2-5-12(9-11)20-15(16)17/h2-7,9-10,15H,8H2,1H3,(H,18,19). The molecule has 0 aliphatic carbocycles. The summed E-state index contributed by atoms with van der Waals surface area (Å²) in [5.74, 6) is -0.331. The van der Waals surface area contributed by atoms with Crippen molar-refractivity contribution in [1.82, 2.24) is 5.32 Å². The van der Waals surface area contributed by atoms with Crippen LogP contribution < -0.4 is 10.1 Å². The molecule has 2 aromatic rings. The highest BCUT2D eigenvalue weighted by Crippen LogP contribution is 2.16. The lowest BCUT2D eigenvalue weighted by molar-refractivity contribution is -0.0498. The second kappa shape index (κ2) is 7.17. The third-order valence-electron chi connectivity index (χ3n) is 2.79. The molecule has 1 N–H and O–H groups in total. The summed E-state index contributed by atoms with van der Waals surface area (Å²) >= 11 is 1.63. The lowest BCUT2D eigenvalue weighted by Crippen LogP contribution is -2.33. The average molecular weight is 311 g/mol. The van der Waals surface area contributed by atoms with Gasteiger partial charge in [0.15, 0.2) is 0 Å². The van der Waals surface area contributed by atoms with Crippen molar-refractivity contribution in [2.75, 3.05) is 0 Å². The first-order valence-corrected chi connectivity index (χ1v) is 7.30. The first-order valence-electron chi connectivity index (χ1n) is 6.42. The summed E-state index contributed by atoms with van der Waals surface area (Å²) in [6, 6.07) is 9.68. The van der Waals surface area contributed by atoms with Crippen LogP contribution in [0.25, 0.3) is 0 Å². The smallest absolute Gasteiger partial charge is 0.387 e. The zero-order chi connectivity index (χ0) is 15.2. The van der Waals surface area contributed by atoms with Crippen molar-refractivity contribution in [3.63, 3.8) is 0 Å². The molecular formula is C15H15F2NO2S. The number of rotatable bonds is 6. The second-order valence-electron chi connectivity index (χ2n) is 4.56. The van der Waals surface area contributed by atoms with E-state index in [1.54, 1.807) is 17.4 Å². The van der Waals surface area contributed by atoms with Crippen LogP contribution in [0.4, 0.5) is 8.78 Å². The average Bonchev–Trinajstić information content (AvgIpc) is 2.90. The highest BCUT2D eigenvalue weighted by atomic mass is 32.1. The number of carbonyl (C=O) groups excluding carboxylic acids is 1. The third kappa shape index (κ3) is 4.82. The molecule has 3 nitrogen and oxygen atoms in total. The first kappa shape index (κ1) is 15.4. The van der Waals surface area contributed by atoms with E-state index < -0.39 is 6.61 Å². The van der Waals surface area contributed by atoms with Crippen LogP contribution in [0.3, 0.4) is 0 Å². The van der Waals surface area contributed by atoms with Crippen LogP contribution in [0.15, 0.2) is 41.8 Å². The monoisotopic (exact) mass is 311 g/mol. The molecule has 112 valence electrons. The van der Waals surface area contributed by atoms with Gasteiger partial charge in [0.2, 0.25) is 0 Å². The van der Waals surface area contributed by atoms with Crippen molar-refractivity contribution in [2.24, 2.45) is 0 Å². The van der Waals surface area contributed by atoms with E-state index in [1.807, 2.05) is 24.4 Å². The minimum atomic E-state index is -2.90. The van der Waals surface area contributed by atoms with Gasteiger partial charge in [-0.2, -0.15) is 8.78 Å². The Hall–Kier alpha value is -1.95. The molecule has 0 saturated carbocycles. The van der Waals surface area contributed by atoms with Crippen molar-refractivity contribution in [3.8, 4) is 5.75 Å². The van der Waals surface area contributed by atoms with Gasteiger partial charge in [-0.1, -0.05) is 12.1 Å². The van der Waals surface area contributed by atoms with Crippen molar-refractivity contribution in [2.45, 2.75) is 26.0 Å². The summed E-state index contributed by atoms with van der Waals surface area (Å²) in [4.78, 5) is 13.2. The molecule has 0 saturated heterocycles. The number of amides is 1. The summed E-state index contributed by atoms with van der Waals surface area (Å²) in [6.45, 7) is -1.00. The predicted molar refractivity (Wildman–Crippen MR) is 78.0 cm³/mol. The van der Waals surface area contributed by atoms with Gasteiger partial charge in [-0.3, -0.25) is 4.79 Å². The molecule has 0 radical (unpaired) electrons. The fourth-order valence-corrected chi connectivity index (χ4v) is 2.74. The Morgan fingerprint density at radius 2 is 2.14 bits per heavy atom. The molecule has 21 heavy (non-hydrogen) atoms. The van der Waals surface area contributed by atoms with Gasteiger partial charge in [0, 0.05) is 22.9 Å². The van der Waals surface area contributed by atoms with Crippen LogP contribution in [0.1, 0.15) is 22.2 Å². The highest BCUT2D eigenvalue weighted by Gasteiger charge is 2.12. The van der Waals surface area contributed by atoms with E-state index >= 15 is 0 Å². The van der Waals surface area contributed by atoms with E-state index in [2.05, 4.69) is 10.1 Å². The van der Waals surface area contributed by atoms with Gasteiger partial charge in [-0.25, -0.2) is 0 Å². The van der Waals surface area contributed by atoms with Crippen molar-refractivity contribution >= 4 is 17.2 Å². The summed E-state index contributed by atoms with van der Waals surface area (Å²) in [7, 11) is 0. The lowest BCUT2D eigenvalue weighted by Gasteiger charge is -2.13. The first-order chi connectivity index (χ1) is 10.0. The van der Waals surface area contributed by atoms with Crippen LogP contribution in [0, 0.1) is 0 Å². The predicted octanol–water partition coefficient (Wildman–Crippen LogP) is 3.71. The molecular weight excluding hydrogens is 296 g/mol. The number of benzene rings is 1. The Morgan fingerprint density at radius 3 is 2.81 bits per heavy atom. The zero-order valence-electron chi connectivity index (χ0n) is 11.4. The Labute approximate surface area is 125 Å². The minimum Gasteiger partial charge on any atom is -0.435 e. The van der Waals surface area contributed by atoms with E-state index in [4.69, 9.17) is 0 Å². The molecule has 1 aromatic heterocycles. The maximum absolute atomic E-state index is 12.2. The molecule has 6 heteroatoms.